The van der Waals surface area contributed by atoms with Crippen LogP contribution in [0.2, 0.25) is 0 Å². The molecule has 0 spiro atoms. The maximum atomic E-state index is 12.4. The number of halogens is 1. The molecule has 1 amide bonds. The lowest BCUT2D eigenvalue weighted by Gasteiger charge is -2.05. The molecule has 9 heteroatoms. The van der Waals surface area contributed by atoms with Gasteiger partial charge in [-0.25, -0.2) is 4.98 Å². The summed E-state index contributed by atoms with van der Waals surface area (Å²) in [6, 6.07) is 12.8. The molecule has 4 rings (SSSR count). The van der Waals surface area contributed by atoms with E-state index in [1.54, 1.807) is 22.9 Å². The fourth-order valence-corrected chi connectivity index (χ4v) is 3.83. The number of thiazole rings is 1. The zero-order chi connectivity index (χ0) is 20.4. The summed E-state index contributed by atoms with van der Waals surface area (Å²) in [4.78, 5) is 17.1. The van der Waals surface area contributed by atoms with Gasteiger partial charge in [0, 0.05) is 17.0 Å². The molecule has 0 aliphatic rings. The highest BCUT2D eigenvalue weighted by atomic mass is 79.9. The molecular weight excluding hydrogens is 456 g/mol. The van der Waals surface area contributed by atoms with Crippen LogP contribution in [-0.2, 0) is 0 Å². The van der Waals surface area contributed by atoms with Crippen LogP contribution in [0, 0.1) is 6.92 Å². The van der Waals surface area contributed by atoms with Crippen molar-refractivity contribution in [3.8, 4) is 22.1 Å². The maximum Gasteiger partial charge on any atom is 0.292 e. The number of benzene rings is 1. The first-order valence-electron chi connectivity index (χ1n) is 8.86. The first-order chi connectivity index (χ1) is 14.0. The zero-order valence-corrected chi connectivity index (χ0v) is 18.1. The molecule has 148 valence electrons. The SMILES string of the molecule is CCOc1ccc(-c2csc(-n3nc(C)cc3NC(=O)c3ccc(Br)o3)n2)cc1. The van der Waals surface area contributed by atoms with Crippen molar-refractivity contribution >= 4 is 39.0 Å². The van der Waals surface area contributed by atoms with E-state index in [9.17, 15) is 4.79 Å². The van der Waals surface area contributed by atoms with Crippen molar-refractivity contribution in [1.82, 2.24) is 14.8 Å². The van der Waals surface area contributed by atoms with Gasteiger partial charge in [0.15, 0.2) is 10.4 Å². The number of rotatable bonds is 6. The standard InChI is InChI=1S/C20H17BrN4O3S/c1-3-27-14-6-4-13(5-7-14)15-11-29-20(22-15)25-18(10-12(2)24-25)23-19(26)16-8-9-17(21)28-16/h4-11H,3H2,1-2H3,(H,23,26). The van der Waals surface area contributed by atoms with Gasteiger partial charge in [0.05, 0.1) is 18.0 Å². The molecule has 3 aromatic heterocycles. The Kier molecular flexibility index (Phi) is 5.50. The number of hydrogen-bond acceptors (Lipinski definition) is 6. The fraction of sp³-hybridized carbons (Fsp3) is 0.150. The van der Waals surface area contributed by atoms with Crippen LogP contribution in [0.5, 0.6) is 5.75 Å². The smallest absolute Gasteiger partial charge is 0.292 e. The van der Waals surface area contributed by atoms with Gasteiger partial charge in [-0.2, -0.15) is 9.78 Å². The van der Waals surface area contributed by atoms with E-state index >= 15 is 0 Å². The van der Waals surface area contributed by atoms with Crippen LogP contribution in [0.15, 0.2) is 56.9 Å². The molecule has 0 unspecified atom stereocenters. The molecule has 0 aliphatic carbocycles. The zero-order valence-electron chi connectivity index (χ0n) is 15.7. The highest BCUT2D eigenvalue weighted by Crippen LogP contribution is 2.28. The number of furan rings is 1. The number of hydrogen-bond donors (Lipinski definition) is 1. The molecule has 4 aromatic rings. The molecule has 7 nitrogen and oxygen atoms in total. The number of amides is 1. The van der Waals surface area contributed by atoms with Crippen LogP contribution >= 0.6 is 27.3 Å². The Bertz CT molecular complexity index is 1150. The summed E-state index contributed by atoms with van der Waals surface area (Å²) in [6.45, 7) is 4.44. The second-order valence-corrected chi connectivity index (χ2v) is 7.73. The molecule has 0 atom stereocenters. The van der Waals surface area contributed by atoms with Gasteiger partial charge in [-0.1, -0.05) is 0 Å². The number of carbonyl (C=O) groups is 1. The molecule has 29 heavy (non-hydrogen) atoms. The third kappa shape index (κ3) is 4.25. The number of aromatic nitrogens is 3. The van der Waals surface area contributed by atoms with Gasteiger partial charge in [-0.05, 0) is 66.2 Å². The van der Waals surface area contributed by atoms with Crippen LogP contribution < -0.4 is 10.1 Å². The van der Waals surface area contributed by atoms with E-state index in [0.717, 1.165) is 22.7 Å². The molecule has 0 radical (unpaired) electrons. The second-order valence-electron chi connectivity index (χ2n) is 6.11. The summed E-state index contributed by atoms with van der Waals surface area (Å²) in [5.74, 6) is 1.19. The highest BCUT2D eigenvalue weighted by molar-refractivity contribution is 9.10. The molecule has 0 saturated heterocycles. The van der Waals surface area contributed by atoms with E-state index in [2.05, 4.69) is 31.3 Å². The van der Waals surface area contributed by atoms with E-state index in [-0.39, 0.29) is 11.7 Å². The summed E-state index contributed by atoms with van der Waals surface area (Å²) in [6.07, 6.45) is 0. The van der Waals surface area contributed by atoms with Crippen molar-refractivity contribution in [3.05, 3.63) is 64.0 Å². The minimum absolute atomic E-state index is 0.205. The first kappa shape index (κ1) is 19.4. The molecular formula is C20H17BrN4O3S. The predicted octanol–water partition coefficient (Wildman–Crippen LogP) is 5.31. The topological polar surface area (TPSA) is 82.2 Å². The monoisotopic (exact) mass is 472 g/mol. The minimum atomic E-state index is -0.361. The lowest BCUT2D eigenvalue weighted by molar-refractivity contribution is 0.0994. The normalized spacial score (nSPS) is 10.9. The van der Waals surface area contributed by atoms with E-state index < -0.39 is 0 Å². The molecule has 0 aliphatic heterocycles. The molecule has 1 N–H and O–H groups in total. The van der Waals surface area contributed by atoms with Gasteiger partial charge in [0.25, 0.3) is 5.91 Å². The Labute approximate surface area is 179 Å². The van der Waals surface area contributed by atoms with Crippen molar-refractivity contribution in [2.45, 2.75) is 13.8 Å². The van der Waals surface area contributed by atoms with Crippen LogP contribution in [0.4, 0.5) is 5.82 Å². The quantitative estimate of drug-likeness (QED) is 0.411. The van der Waals surface area contributed by atoms with Crippen LogP contribution in [0.3, 0.4) is 0 Å². The molecule has 0 saturated carbocycles. The van der Waals surface area contributed by atoms with Gasteiger partial charge >= 0.3 is 0 Å². The molecule has 3 heterocycles. The van der Waals surface area contributed by atoms with E-state index in [4.69, 9.17) is 9.15 Å². The van der Waals surface area contributed by atoms with Crippen molar-refractivity contribution in [3.63, 3.8) is 0 Å². The molecule has 1 aromatic carbocycles. The number of anilines is 1. The lowest BCUT2D eigenvalue weighted by Crippen LogP contribution is -2.14. The fourth-order valence-electron chi connectivity index (χ4n) is 2.73. The summed E-state index contributed by atoms with van der Waals surface area (Å²) in [5.41, 5.74) is 2.57. The summed E-state index contributed by atoms with van der Waals surface area (Å²) < 4.78 is 12.9. The van der Waals surface area contributed by atoms with Crippen molar-refractivity contribution in [2.24, 2.45) is 0 Å². The Morgan fingerprint density at radius 2 is 2.07 bits per heavy atom. The van der Waals surface area contributed by atoms with Gasteiger partial charge in [0.2, 0.25) is 5.13 Å². The number of ether oxygens (including phenoxy) is 1. The van der Waals surface area contributed by atoms with Crippen LogP contribution in [0.1, 0.15) is 23.2 Å². The van der Waals surface area contributed by atoms with E-state index in [1.807, 2.05) is 43.5 Å². The Hall–Kier alpha value is -2.91. The summed E-state index contributed by atoms with van der Waals surface area (Å²) in [7, 11) is 0. The van der Waals surface area contributed by atoms with Crippen LogP contribution in [0.25, 0.3) is 16.4 Å². The third-order valence-electron chi connectivity index (χ3n) is 4.00. The summed E-state index contributed by atoms with van der Waals surface area (Å²) in [5, 5.41) is 9.90. The number of aryl methyl sites for hydroxylation is 1. The highest BCUT2D eigenvalue weighted by Gasteiger charge is 2.17. The maximum absolute atomic E-state index is 12.4. The number of nitrogens with one attached hydrogen (secondary N) is 1. The Morgan fingerprint density at radius 3 is 2.76 bits per heavy atom. The van der Waals surface area contributed by atoms with Crippen molar-refractivity contribution in [2.75, 3.05) is 11.9 Å². The van der Waals surface area contributed by atoms with Gasteiger partial charge < -0.3 is 14.5 Å². The molecule has 0 fully saturated rings. The number of carbonyl (C=O) groups excluding carboxylic acids is 1. The first-order valence-corrected chi connectivity index (χ1v) is 10.5. The average Bonchev–Trinajstić information content (AvgIpc) is 3.43. The minimum Gasteiger partial charge on any atom is -0.494 e. The van der Waals surface area contributed by atoms with Crippen molar-refractivity contribution in [1.29, 1.82) is 0 Å². The van der Waals surface area contributed by atoms with Gasteiger partial charge in [-0.3, -0.25) is 4.79 Å². The van der Waals surface area contributed by atoms with Crippen LogP contribution in [-0.4, -0.2) is 27.3 Å². The summed E-state index contributed by atoms with van der Waals surface area (Å²) >= 11 is 4.64. The lowest BCUT2D eigenvalue weighted by atomic mass is 10.2. The van der Waals surface area contributed by atoms with Crippen molar-refractivity contribution < 1.29 is 13.9 Å². The Morgan fingerprint density at radius 1 is 1.28 bits per heavy atom. The largest absolute Gasteiger partial charge is 0.494 e. The van der Waals surface area contributed by atoms with E-state index in [1.165, 1.54) is 11.3 Å². The predicted molar refractivity (Wildman–Crippen MR) is 115 cm³/mol. The number of nitrogens with zero attached hydrogens (tertiary/aromatic N) is 3. The second kappa shape index (κ2) is 8.22. The third-order valence-corrected chi connectivity index (χ3v) is 5.25. The van der Waals surface area contributed by atoms with E-state index in [0.29, 0.717) is 22.2 Å². The van der Waals surface area contributed by atoms with Gasteiger partial charge in [-0.15, -0.1) is 11.3 Å². The average molecular weight is 473 g/mol. The van der Waals surface area contributed by atoms with Gasteiger partial charge in [0.1, 0.15) is 11.6 Å². The molecule has 0 bridgehead atoms. The Balaban J connectivity index is 1.58.